The maximum absolute atomic E-state index is 13.4. The number of imide groups is 1. The van der Waals surface area contributed by atoms with Crippen LogP contribution in [0.2, 0.25) is 0 Å². The number of hydrogen-bond acceptors (Lipinski definition) is 5. The van der Waals surface area contributed by atoms with Crippen LogP contribution >= 0.6 is 0 Å². The molecule has 0 unspecified atom stereocenters. The van der Waals surface area contributed by atoms with Gasteiger partial charge in [-0.15, -0.1) is 0 Å². The summed E-state index contributed by atoms with van der Waals surface area (Å²) in [4.78, 5) is 35.9. The molecule has 2 saturated heterocycles. The predicted molar refractivity (Wildman–Crippen MR) is 129 cm³/mol. The predicted octanol–water partition coefficient (Wildman–Crippen LogP) is 4.20. The van der Waals surface area contributed by atoms with Gasteiger partial charge in [0, 0.05) is 51.2 Å². The Kier molecular flexibility index (Phi) is 6.20. The first-order valence-electron chi connectivity index (χ1n) is 11.9. The quantitative estimate of drug-likeness (QED) is 0.496. The van der Waals surface area contributed by atoms with E-state index in [4.69, 9.17) is 4.42 Å². The Balaban J connectivity index is 1.17. The Hall–Kier alpha value is -3.45. The molecule has 5 rings (SSSR count). The van der Waals surface area contributed by atoms with Crippen molar-refractivity contribution in [2.45, 2.75) is 37.8 Å². The maximum Gasteiger partial charge on any atom is 0.327 e. The van der Waals surface area contributed by atoms with E-state index in [0.29, 0.717) is 19.4 Å². The summed E-state index contributed by atoms with van der Waals surface area (Å²) in [5.41, 5.74) is 2.76. The number of hydrogen-bond donors (Lipinski definition) is 0. The molecule has 3 aromatic rings. The molecule has 2 aliphatic rings. The van der Waals surface area contributed by atoms with Crippen LogP contribution in [0, 0.1) is 0 Å². The van der Waals surface area contributed by atoms with Crippen molar-refractivity contribution >= 4 is 11.9 Å². The first kappa shape index (κ1) is 22.3. The van der Waals surface area contributed by atoms with E-state index in [1.54, 1.807) is 30.6 Å². The molecule has 0 atom stereocenters. The average Bonchev–Trinajstić information content (AvgIpc) is 3.47. The fourth-order valence-corrected chi connectivity index (χ4v) is 5.14. The van der Waals surface area contributed by atoms with Crippen molar-refractivity contribution in [2.24, 2.45) is 0 Å². The summed E-state index contributed by atoms with van der Waals surface area (Å²) in [5.74, 6) is 0.835. The van der Waals surface area contributed by atoms with Gasteiger partial charge in [0.05, 0.1) is 6.26 Å². The van der Waals surface area contributed by atoms with Crippen LogP contribution in [-0.4, -0.2) is 63.8 Å². The molecule has 7 heteroatoms. The van der Waals surface area contributed by atoms with Crippen LogP contribution in [0.1, 0.15) is 30.4 Å². The zero-order valence-corrected chi connectivity index (χ0v) is 19.5. The van der Waals surface area contributed by atoms with Crippen molar-refractivity contribution in [1.29, 1.82) is 0 Å². The number of aryl methyl sites for hydroxylation is 1. The second-order valence-electron chi connectivity index (χ2n) is 9.24. The molecule has 2 aromatic heterocycles. The third kappa shape index (κ3) is 4.23. The van der Waals surface area contributed by atoms with Gasteiger partial charge in [0.2, 0.25) is 0 Å². The topological polar surface area (TPSA) is 69.9 Å². The summed E-state index contributed by atoms with van der Waals surface area (Å²) in [6, 6.07) is 16.0. The molecule has 3 amide bonds. The smallest absolute Gasteiger partial charge is 0.327 e. The number of nitrogens with zero attached hydrogens (tertiary/aromatic N) is 4. The number of urea groups is 1. The molecule has 0 radical (unpaired) electrons. The fraction of sp³-hybridized carbons (Fsp3) is 0.370. The molecule has 1 spiro atoms. The molecule has 0 aliphatic carbocycles. The van der Waals surface area contributed by atoms with Crippen molar-refractivity contribution in [2.75, 3.05) is 26.7 Å². The Labute approximate surface area is 200 Å². The number of rotatable bonds is 7. The number of benzene rings is 1. The SMILES string of the molecule is CN1C(=O)N(CCCc2ccncc2)C(=O)C12CCN(Cc1ccc(-c3ccco3)cc1)CC2. The van der Waals surface area contributed by atoms with Gasteiger partial charge in [-0.2, -0.15) is 0 Å². The van der Waals surface area contributed by atoms with Crippen LogP contribution in [0.4, 0.5) is 4.79 Å². The van der Waals surface area contributed by atoms with E-state index in [9.17, 15) is 9.59 Å². The number of carbonyl (C=O) groups is 2. The lowest BCUT2D eigenvalue weighted by atomic mass is 9.86. The minimum absolute atomic E-state index is 0.0304. The van der Waals surface area contributed by atoms with Crippen LogP contribution in [0.5, 0.6) is 0 Å². The van der Waals surface area contributed by atoms with Crippen molar-refractivity contribution < 1.29 is 14.0 Å². The van der Waals surface area contributed by atoms with Crippen LogP contribution in [-0.2, 0) is 17.8 Å². The lowest BCUT2D eigenvalue weighted by Crippen LogP contribution is -2.55. The summed E-state index contributed by atoms with van der Waals surface area (Å²) in [6.07, 6.45) is 8.13. The molecular formula is C27H30N4O3. The molecule has 34 heavy (non-hydrogen) atoms. The number of likely N-dealkylation sites (N-methyl/N-ethyl adjacent to an activating group) is 1. The van der Waals surface area contributed by atoms with Gasteiger partial charge in [0.1, 0.15) is 11.3 Å². The highest BCUT2D eigenvalue weighted by Gasteiger charge is 2.56. The Morgan fingerprint density at radius 3 is 2.38 bits per heavy atom. The third-order valence-corrected chi connectivity index (χ3v) is 7.25. The molecular weight excluding hydrogens is 428 g/mol. The number of furan rings is 1. The van der Waals surface area contributed by atoms with E-state index in [1.165, 1.54) is 16.0 Å². The van der Waals surface area contributed by atoms with Crippen molar-refractivity contribution in [3.05, 3.63) is 78.3 Å². The molecule has 1 aromatic carbocycles. The van der Waals surface area contributed by atoms with Crippen molar-refractivity contribution in [3.8, 4) is 11.3 Å². The van der Waals surface area contributed by atoms with Gasteiger partial charge in [-0.1, -0.05) is 24.3 Å². The van der Waals surface area contributed by atoms with E-state index in [0.717, 1.165) is 43.8 Å². The van der Waals surface area contributed by atoms with E-state index in [1.807, 2.05) is 24.3 Å². The minimum Gasteiger partial charge on any atom is -0.464 e. The summed E-state index contributed by atoms with van der Waals surface area (Å²) in [6.45, 7) is 2.86. The fourth-order valence-electron chi connectivity index (χ4n) is 5.14. The minimum atomic E-state index is -0.701. The van der Waals surface area contributed by atoms with Gasteiger partial charge in [-0.3, -0.25) is 19.6 Å². The first-order chi connectivity index (χ1) is 16.6. The van der Waals surface area contributed by atoms with E-state index in [2.05, 4.69) is 34.1 Å². The number of carbonyl (C=O) groups excluding carboxylic acids is 2. The van der Waals surface area contributed by atoms with Gasteiger partial charge in [0.15, 0.2) is 0 Å². The number of piperidine rings is 1. The van der Waals surface area contributed by atoms with Crippen LogP contribution in [0.3, 0.4) is 0 Å². The van der Waals surface area contributed by atoms with Gasteiger partial charge < -0.3 is 9.32 Å². The number of amides is 3. The molecule has 4 heterocycles. The number of pyridine rings is 1. The molecule has 0 N–H and O–H groups in total. The summed E-state index contributed by atoms with van der Waals surface area (Å²) in [5, 5.41) is 0. The molecule has 0 saturated carbocycles. The molecule has 2 aliphatic heterocycles. The Morgan fingerprint density at radius 2 is 1.71 bits per heavy atom. The van der Waals surface area contributed by atoms with E-state index >= 15 is 0 Å². The second-order valence-corrected chi connectivity index (χ2v) is 9.24. The average molecular weight is 459 g/mol. The molecule has 7 nitrogen and oxygen atoms in total. The summed E-state index contributed by atoms with van der Waals surface area (Å²) < 4.78 is 5.47. The highest BCUT2D eigenvalue weighted by molar-refractivity contribution is 6.07. The molecule has 176 valence electrons. The third-order valence-electron chi connectivity index (χ3n) is 7.25. The second kappa shape index (κ2) is 9.43. The van der Waals surface area contributed by atoms with Crippen molar-refractivity contribution in [3.63, 3.8) is 0 Å². The molecule has 0 bridgehead atoms. The Bertz CT molecular complexity index is 1120. The monoisotopic (exact) mass is 458 g/mol. The zero-order chi connectivity index (χ0) is 23.5. The Morgan fingerprint density at radius 1 is 0.971 bits per heavy atom. The summed E-state index contributed by atoms with van der Waals surface area (Å²) in [7, 11) is 1.78. The first-order valence-corrected chi connectivity index (χ1v) is 11.9. The van der Waals surface area contributed by atoms with E-state index in [-0.39, 0.29) is 11.9 Å². The lowest BCUT2D eigenvalue weighted by molar-refractivity contribution is -0.135. The van der Waals surface area contributed by atoms with Crippen LogP contribution < -0.4 is 0 Å². The van der Waals surface area contributed by atoms with E-state index < -0.39 is 5.54 Å². The van der Waals surface area contributed by atoms with Gasteiger partial charge in [-0.05, 0) is 61.1 Å². The largest absolute Gasteiger partial charge is 0.464 e. The number of aromatic nitrogens is 1. The van der Waals surface area contributed by atoms with Crippen LogP contribution in [0.25, 0.3) is 11.3 Å². The van der Waals surface area contributed by atoms with Crippen molar-refractivity contribution in [1.82, 2.24) is 19.7 Å². The standard InChI is InChI=1S/C27H30N4O3/c1-29-26(33)31(16-2-4-21-10-14-28-15-11-21)25(32)27(29)12-17-30(18-13-27)20-22-6-8-23(9-7-22)24-5-3-19-34-24/h3,5-11,14-15,19H,2,4,12-13,16-18,20H2,1H3. The van der Waals surface area contributed by atoms with Gasteiger partial charge in [-0.25, -0.2) is 4.79 Å². The number of likely N-dealkylation sites (tertiary alicyclic amines) is 1. The zero-order valence-electron chi connectivity index (χ0n) is 19.5. The normalized spacial score (nSPS) is 18.3. The molecule has 2 fully saturated rings. The maximum atomic E-state index is 13.4. The van der Waals surface area contributed by atoms with Gasteiger partial charge >= 0.3 is 6.03 Å². The van der Waals surface area contributed by atoms with Gasteiger partial charge in [0.25, 0.3) is 5.91 Å². The highest BCUT2D eigenvalue weighted by Crippen LogP contribution is 2.36. The van der Waals surface area contributed by atoms with Crippen LogP contribution in [0.15, 0.2) is 71.6 Å². The lowest BCUT2D eigenvalue weighted by Gasteiger charge is -2.40. The highest BCUT2D eigenvalue weighted by atomic mass is 16.3. The summed E-state index contributed by atoms with van der Waals surface area (Å²) >= 11 is 0.